The minimum atomic E-state index is -0.440. The fourth-order valence-electron chi connectivity index (χ4n) is 1.67. The summed E-state index contributed by atoms with van der Waals surface area (Å²) in [6, 6.07) is 5.23. The number of halogens is 3. The van der Waals surface area contributed by atoms with Gasteiger partial charge in [-0.25, -0.2) is 8.78 Å². The highest BCUT2D eigenvalue weighted by Crippen LogP contribution is 2.12. The molecule has 0 radical (unpaired) electrons. The molecule has 2 aromatic rings. The van der Waals surface area contributed by atoms with Crippen LogP contribution < -0.4 is 5.32 Å². The Kier molecular flexibility index (Phi) is 5.76. The van der Waals surface area contributed by atoms with E-state index in [1.54, 1.807) is 0 Å². The standard InChI is InChI=1S/C13H15F2N3.ClH/c1-2-6-18-7-5-13(17-18)16-9-10-8-11(14)3-4-12(10)15;/h3-5,7-8H,2,6,9H2,1H3,(H,16,17);1H. The van der Waals surface area contributed by atoms with Gasteiger partial charge in [0.05, 0.1) is 0 Å². The van der Waals surface area contributed by atoms with Crippen molar-refractivity contribution in [1.82, 2.24) is 9.78 Å². The number of hydrogen-bond donors (Lipinski definition) is 1. The molecule has 0 fully saturated rings. The Labute approximate surface area is 117 Å². The molecule has 104 valence electrons. The Morgan fingerprint density at radius 3 is 2.79 bits per heavy atom. The van der Waals surface area contributed by atoms with Crippen molar-refractivity contribution in [1.29, 1.82) is 0 Å². The predicted octanol–water partition coefficient (Wildman–Crippen LogP) is 3.61. The second kappa shape index (κ2) is 7.09. The van der Waals surface area contributed by atoms with Gasteiger partial charge in [0.2, 0.25) is 0 Å². The van der Waals surface area contributed by atoms with Crippen LogP contribution in [0, 0.1) is 11.6 Å². The fourth-order valence-corrected chi connectivity index (χ4v) is 1.67. The first-order chi connectivity index (χ1) is 8.69. The van der Waals surface area contributed by atoms with Crippen LogP contribution in [0.5, 0.6) is 0 Å². The molecule has 0 aliphatic rings. The molecule has 0 atom stereocenters. The van der Waals surface area contributed by atoms with Crippen LogP contribution in [0.15, 0.2) is 30.5 Å². The van der Waals surface area contributed by atoms with E-state index in [1.165, 1.54) is 6.07 Å². The average Bonchev–Trinajstić information content (AvgIpc) is 2.79. The van der Waals surface area contributed by atoms with Gasteiger partial charge in [-0.05, 0) is 24.6 Å². The number of rotatable bonds is 5. The predicted molar refractivity (Wildman–Crippen MR) is 73.5 cm³/mol. The number of hydrogen-bond acceptors (Lipinski definition) is 2. The summed E-state index contributed by atoms with van der Waals surface area (Å²) < 4.78 is 28.1. The normalized spacial score (nSPS) is 10.1. The monoisotopic (exact) mass is 287 g/mol. The number of aromatic nitrogens is 2. The van der Waals surface area contributed by atoms with Gasteiger partial charge in [-0.3, -0.25) is 4.68 Å². The van der Waals surface area contributed by atoms with Gasteiger partial charge < -0.3 is 5.32 Å². The quantitative estimate of drug-likeness (QED) is 0.910. The van der Waals surface area contributed by atoms with Crippen molar-refractivity contribution in [2.45, 2.75) is 26.4 Å². The lowest BCUT2D eigenvalue weighted by Gasteiger charge is -2.05. The molecule has 0 saturated heterocycles. The lowest BCUT2D eigenvalue weighted by Crippen LogP contribution is -2.04. The molecule has 0 aliphatic heterocycles. The van der Waals surface area contributed by atoms with Gasteiger partial charge in [0.25, 0.3) is 0 Å². The zero-order valence-electron chi connectivity index (χ0n) is 10.6. The molecule has 19 heavy (non-hydrogen) atoms. The van der Waals surface area contributed by atoms with Crippen molar-refractivity contribution < 1.29 is 8.78 Å². The number of nitrogens with one attached hydrogen (secondary N) is 1. The van der Waals surface area contributed by atoms with E-state index >= 15 is 0 Å². The second-order valence-electron chi connectivity index (χ2n) is 4.05. The summed E-state index contributed by atoms with van der Waals surface area (Å²) in [7, 11) is 0. The summed E-state index contributed by atoms with van der Waals surface area (Å²) in [5.74, 6) is -0.200. The first kappa shape index (κ1) is 15.4. The van der Waals surface area contributed by atoms with E-state index in [-0.39, 0.29) is 19.0 Å². The van der Waals surface area contributed by atoms with Crippen molar-refractivity contribution in [2.24, 2.45) is 0 Å². The minimum Gasteiger partial charge on any atom is -0.364 e. The van der Waals surface area contributed by atoms with Crippen molar-refractivity contribution in [3.63, 3.8) is 0 Å². The van der Waals surface area contributed by atoms with Gasteiger partial charge in [-0.2, -0.15) is 5.10 Å². The van der Waals surface area contributed by atoms with Crippen molar-refractivity contribution >= 4 is 18.2 Å². The molecular formula is C13H16ClF2N3. The fraction of sp³-hybridized carbons (Fsp3) is 0.308. The first-order valence-corrected chi connectivity index (χ1v) is 5.90. The van der Waals surface area contributed by atoms with E-state index in [4.69, 9.17) is 0 Å². The van der Waals surface area contributed by atoms with Crippen molar-refractivity contribution in [3.8, 4) is 0 Å². The maximum atomic E-state index is 13.4. The van der Waals surface area contributed by atoms with Gasteiger partial charge in [0.15, 0.2) is 0 Å². The third-order valence-electron chi connectivity index (χ3n) is 2.56. The number of aryl methyl sites for hydroxylation is 1. The summed E-state index contributed by atoms with van der Waals surface area (Å²) in [6.45, 7) is 3.12. The zero-order chi connectivity index (χ0) is 13.0. The Hall–Kier alpha value is -1.62. The highest BCUT2D eigenvalue weighted by atomic mass is 35.5. The van der Waals surface area contributed by atoms with Crippen LogP contribution in [0.25, 0.3) is 0 Å². The van der Waals surface area contributed by atoms with Gasteiger partial charge in [-0.15, -0.1) is 12.4 Å². The van der Waals surface area contributed by atoms with Crippen LogP contribution in [0.4, 0.5) is 14.6 Å². The van der Waals surface area contributed by atoms with Crippen LogP contribution >= 0.6 is 12.4 Å². The smallest absolute Gasteiger partial charge is 0.148 e. The molecule has 6 heteroatoms. The van der Waals surface area contributed by atoms with Crippen molar-refractivity contribution in [3.05, 3.63) is 47.7 Å². The van der Waals surface area contributed by atoms with Crippen LogP contribution in [0.3, 0.4) is 0 Å². The number of nitrogens with zero attached hydrogens (tertiary/aromatic N) is 2. The SMILES string of the molecule is CCCn1ccc(NCc2cc(F)ccc2F)n1.Cl. The van der Waals surface area contributed by atoms with E-state index in [0.717, 1.165) is 25.1 Å². The Morgan fingerprint density at radius 1 is 1.26 bits per heavy atom. The highest BCUT2D eigenvalue weighted by molar-refractivity contribution is 5.85. The summed E-state index contributed by atoms with van der Waals surface area (Å²) in [5.41, 5.74) is 0.292. The molecule has 2 rings (SSSR count). The minimum absolute atomic E-state index is 0. The summed E-state index contributed by atoms with van der Waals surface area (Å²) >= 11 is 0. The molecule has 0 aliphatic carbocycles. The molecule has 1 heterocycles. The lowest BCUT2D eigenvalue weighted by atomic mass is 10.2. The van der Waals surface area contributed by atoms with E-state index < -0.39 is 11.6 Å². The molecule has 0 unspecified atom stereocenters. The molecule has 0 amide bonds. The van der Waals surface area contributed by atoms with Crippen LogP contribution in [-0.2, 0) is 13.1 Å². The molecule has 1 N–H and O–H groups in total. The highest BCUT2D eigenvalue weighted by Gasteiger charge is 2.04. The van der Waals surface area contributed by atoms with E-state index in [1.807, 2.05) is 16.9 Å². The maximum absolute atomic E-state index is 13.4. The zero-order valence-corrected chi connectivity index (χ0v) is 11.4. The Balaban J connectivity index is 0.00000180. The summed E-state index contributed by atoms with van der Waals surface area (Å²) in [4.78, 5) is 0. The maximum Gasteiger partial charge on any atom is 0.148 e. The van der Waals surface area contributed by atoms with Gasteiger partial charge in [0.1, 0.15) is 17.5 Å². The van der Waals surface area contributed by atoms with Crippen LogP contribution in [-0.4, -0.2) is 9.78 Å². The van der Waals surface area contributed by atoms with Crippen LogP contribution in [0.2, 0.25) is 0 Å². The molecular weight excluding hydrogens is 272 g/mol. The van der Waals surface area contributed by atoms with Crippen molar-refractivity contribution in [2.75, 3.05) is 5.32 Å². The molecule has 1 aromatic heterocycles. The largest absolute Gasteiger partial charge is 0.364 e. The third-order valence-corrected chi connectivity index (χ3v) is 2.56. The molecule has 3 nitrogen and oxygen atoms in total. The van der Waals surface area contributed by atoms with E-state index in [2.05, 4.69) is 17.3 Å². The number of anilines is 1. The molecule has 0 spiro atoms. The summed E-state index contributed by atoms with van der Waals surface area (Å²) in [6.07, 6.45) is 2.85. The topological polar surface area (TPSA) is 29.9 Å². The van der Waals surface area contributed by atoms with E-state index in [9.17, 15) is 8.78 Å². The Morgan fingerprint density at radius 2 is 2.05 bits per heavy atom. The Bertz CT molecular complexity index is 528. The second-order valence-corrected chi connectivity index (χ2v) is 4.05. The first-order valence-electron chi connectivity index (χ1n) is 5.90. The van der Waals surface area contributed by atoms with Crippen LogP contribution in [0.1, 0.15) is 18.9 Å². The molecule has 0 bridgehead atoms. The van der Waals surface area contributed by atoms with Gasteiger partial charge in [-0.1, -0.05) is 6.92 Å². The lowest BCUT2D eigenvalue weighted by molar-refractivity contribution is 0.586. The van der Waals surface area contributed by atoms with Gasteiger partial charge >= 0.3 is 0 Å². The van der Waals surface area contributed by atoms with E-state index in [0.29, 0.717) is 11.4 Å². The summed E-state index contributed by atoms with van der Waals surface area (Å²) in [5, 5.41) is 7.23. The number of benzene rings is 1. The third kappa shape index (κ3) is 4.21. The molecule has 0 saturated carbocycles. The van der Waals surface area contributed by atoms with Gasteiger partial charge in [0, 0.05) is 30.9 Å². The molecule has 1 aromatic carbocycles. The average molecular weight is 288 g/mol.